The second-order valence-electron chi connectivity index (χ2n) is 6.27. The molecular formula is C19H17N5S. The van der Waals surface area contributed by atoms with Gasteiger partial charge in [-0.3, -0.25) is 5.43 Å². The fraction of sp³-hybridized carbons (Fsp3) is 0.211. The first-order valence-electron chi connectivity index (χ1n) is 8.50. The minimum absolute atomic E-state index is 0.806. The Kier molecular flexibility index (Phi) is 3.48. The third-order valence-electron chi connectivity index (χ3n) is 4.75. The predicted octanol–water partition coefficient (Wildman–Crippen LogP) is 4.50. The number of nitrogens with one attached hydrogen (secondary N) is 2. The van der Waals surface area contributed by atoms with Gasteiger partial charge in [-0.1, -0.05) is 18.2 Å². The summed E-state index contributed by atoms with van der Waals surface area (Å²) in [6.07, 6.45) is 10.2. The highest BCUT2D eigenvalue weighted by atomic mass is 32.1. The number of hydrazone groups is 1. The number of aromatic amines is 1. The summed E-state index contributed by atoms with van der Waals surface area (Å²) in [7, 11) is 0. The molecule has 5 nitrogen and oxygen atoms in total. The average Bonchev–Trinajstić information content (AvgIpc) is 3.23. The number of H-pyrrole nitrogens is 1. The van der Waals surface area contributed by atoms with Gasteiger partial charge in [0.15, 0.2) is 5.82 Å². The highest BCUT2D eigenvalue weighted by molar-refractivity contribution is 7.19. The van der Waals surface area contributed by atoms with E-state index in [9.17, 15) is 0 Å². The van der Waals surface area contributed by atoms with Crippen molar-refractivity contribution in [3.63, 3.8) is 0 Å². The summed E-state index contributed by atoms with van der Waals surface area (Å²) in [6, 6.07) is 8.21. The van der Waals surface area contributed by atoms with Crippen molar-refractivity contribution >= 4 is 44.5 Å². The molecule has 0 saturated heterocycles. The van der Waals surface area contributed by atoms with Crippen LogP contribution in [0.25, 0.3) is 21.1 Å². The van der Waals surface area contributed by atoms with Crippen LogP contribution < -0.4 is 5.43 Å². The maximum atomic E-state index is 4.46. The Morgan fingerprint density at radius 2 is 2.08 bits per heavy atom. The van der Waals surface area contributed by atoms with Gasteiger partial charge in [0.05, 0.1) is 11.6 Å². The molecule has 25 heavy (non-hydrogen) atoms. The Morgan fingerprint density at radius 1 is 1.16 bits per heavy atom. The second kappa shape index (κ2) is 5.97. The summed E-state index contributed by atoms with van der Waals surface area (Å²) < 4.78 is 0. The molecule has 6 heteroatoms. The van der Waals surface area contributed by atoms with E-state index >= 15 is 0 Å². The lowest BCUT2D eigenvalue weighted by Crippen LogP contribution is -2.00. The molecule has 0 fully saturated rings. The normalized spacial score (nSPS) is 14.4. The molecule has 4 aromatic rings. The molecular weight excluding hydrogens is 330 g/mol. The van der Waals surface area contributed by atoms with Crippen LogP contribution in [-0.2, 0) is 12.8 Å². The Bertz CT molecular complexity index is 1090. The van der Waals surface area contributed by atoms with Gasteiger partial charge in [0.2, 0.25) is 0 Å². The minimum Gasteiger partial charge on any atom is -0.361 e. The number of aryl methyl sites for hydroxylation is 2. The van der Waals surface area contributed by atoms with Crippen molar-refractivity contribution in [3.05, 3.63) is 52.8 Å². The van der Waals surface area contributed by atoms with E-state index in [1.54, 1.807) is 17.7 Å². The van der Waals surface area contributed by atoms with Crippen LogP contribution >= 0.6 is 11.3 Å². The Hall–Kier alpha value is -2.73. The first-order chi connectivity index (χ1) is 12.4. The summed E-state index contributed by atoms with van der Waals surface area (Å²) in [4.78, 5) is 14.7. The van der Waals surface area contributed by atoms with E-state index in [0.717, 1.165) is 45.3 Å². The highest BCUT2D eigenvalue weighted by Gasteiger charge is 2.19. The van der Waals surface area contributed by atoms with Crippen molar-refractivity contribution in [1.29, 1.82) is 0 Å². The summed E-state index contributed by atoms with van der Waals surface area (Å²) >= 11 is 1.80. The zero-order chi connectivity index (χ0) is 16.6. The maximum absolute atomic E-state index is 4.46. The maximum Gasteiger partial charge on any atom is 0.158 e. The molecule has 3 heterocycles. The SMILES string of the molecule is C(=N\Nc1ncnc2sc3c(c12)CCCC3)/c1c[nH]c2ccccc12. The molecule has 1 aliphatic rings. The Morgan fingerprint density at radius 3 is 3.08 bits per heavy atom. The zero-order valence-corrected chi connectivity index (χ0v) is 14.4. The van der Waals surface area contributed by atoms with Gasteiger partial charge < -0.3 is 4.98 Å². The molecule has 0 spiro atoms. The van der Waals surface area contributed by atoms with Gasteiger partial charge in [-0.05, 0) is 37.3 Å². The summed E-state index contributed by atoms with van der Waals surface area (Å²) in [6.45, 7) is 0. The molecule has 0 amide bonds. The number of hydrogen-bond acceptors (Lipinski definition) is 5. The monoisotopic (exact) mass is 347 g/mol. The number of para-hydroxylation sites is 1. The predicted molar refractivity (Wildman–Crippen MR) is 104 cm³/mol. The van der Waals surface area contributed by atoms with Crippen molar-refractivity contribution in [1.82, 2.24) is 15.0 Å². The third-order valence-corrected chi connectivity index (χ3v) is 5.95. The second-order valence-corrected chi connectivity index (χ2v) is 7.36. The highest BCUT2D eigenvalue weighted by Crippen LogP contribution is 2.38. The van der Waals surface area contributed by atoms with Crippen LogP contribution in [0.15, 0.2) is 41.9 Å². The molecule has 0 aliphatic heterocycles. The van der Waals surface area contributed by atoms with Crippen LogP contribution in [0.1, 0.15) is 28.8 Å². The summed E-state index contributed by atoms with van der Waals surface area (Å²) in [5.74, 6) is 0.806. The van der Waals surface area contributed by atoms with Gasteiger partial charge in [0, 0.05) is 27.5 Å². The van der Waals surface area contributed by atoms with Crippen molar-refractivity contribution in [3.8, 4) is 0 Å². The number of rotatable bonds is 3. The van der Waals surface area contributed by atoms with E-state index in [1.807, 2.05) is 24.5 Å². The van der Waals surface area contributed by atoms with Gasteiger partial charge in [-0.25, -0.2) is 9.97 Å². The van der Waals surface area contributed by atoms with E-state index < -0.39 is 0 Å². The van der Waals surface area contributed by atoms with E-state index in [2.05, 4.69) is 37.6 Å². The number of aromatic nitrogens is 3. The van der Waals surface area contributed by atoms with Crippen molar-refractivity contribution < 1.29 is 0 Å². The third kappa shape index (κ3) is 2.49. The van der Waals surface area contributed by atoms with Crippen molar-refractivity contribution in [2.24, 2.45) is 5.10 Å². The van der Waals surface area contributed by atoms with Crippen LogP contribution in [-0.4, -0.2) is 21.2 Å². The molecule has 124 valence electrons. The lowest BCUT2D eigenvalue weighted by molar-refractivity contribution is 0.700. The number of nitrogens with zero attached hydrogens (tertiary/aromatic N) is 3. The number of anilines is 1. The Balaban J connectivity index is 1.49. The van der Waals surface area contributed by atoms with Crippen LogP contribution in [0.2, 0.25) is 0 Å². The quantitative estimate of drug-likeness (QED) is 0.424. The van der Waals surface area contributed by atoms with Gasteiger partial charge >= 0.3 is 0 Å². The van der Waals surface area contributed by atoms with Crippen LogP contribution in [0.3, 0.4) is 0 Å². The Labute approximate surface area is 148 Å². The standard InChI is InChI=1S/C19H17N5S/c1-3-7-15-13(5-1)12(9-20-15)10-23-24-18-17-14-6-2-4-8-16(14)25-19(17)22-11-21-18/h1,3,5,7,9-11,20H,2,4,6,8H2,(H,21,22,24)/b23-10+. The zero-order valence-electron chi connectivity index (χ0n) is 13.6. The van der Waals surface area contributed by atoms with Gasteiger partial charge in [0.1, 0.15) is 11.2 Å². The van der Waals surface area contributed by atoms with E-state index in [0.29, 0.717) is 0 Å². The molecule has 2 N–H and O–H groups in total. The van der Waals surface area contributed by atoms with Gasteiger partial charge in [-0.2, -0.15) is 5.10 Å². The molecule has 5 rings (SSSR count). The first kappa shape index (κ1) is 14.6. The molecule has 1 aliphatic carbocycles. The lowest BCUT2D eigenvalue weighted by Gasteiger charge is -2.11. The van der Waals surface area contributed by atoms with Crippen LogP contribution in [0, 0.1) is 0 Å². The first-order valence-corrected chi connectivity index (χ1v) is 9.32. The van der Waals surface area contributed by atoms with E-state index in [1.165, 1.54) is 23.3 Å². The molecule has 0 radical (unpaired) electrons. The minimum atomic E-state index is 0.806. The molecule has 1 aromatic carbocycles. The van der Waals surface area contributed by atoms with Crippen molar-refractivity contribution in [2.75, 3.05) is 5.43 Å². The summed E-state index contributed by atoms with van der Waals surface area (Å²) in [5.41, 5.74) is 6.72. The van der Waals surface area contributed by atoms with E-state index in [-0.39, 0.29) is 0 Å². The van der Waals surface area contributed by atoms with Gasteiger partial charge in [-0.15, -0.1) is 11.3 Å². The molecule has 0 saturated carbocycles. The fourth-order valence-electron chi connectivity index (χ4n) is 3.54. The average molecular weight is 347 g/mol. The van der Waals surface area contributed by atoms with E-state index in [4.69, 9.17) is 0 Å². The van der Waals surface area contributed by atoms with Crippen LogP contribution in [0.4, 0.5) is 5.82 Å². The fourth-order valence-corrected chi connectivity index (χ4v) is 4.77. The largest absolute Gasteiger partial charge is 0.361 e. The molecule has 0 bridgehead atoms. The molecule has 0 atom stereocenters. The molecule has 0 unspecified atom stereocenters. The van der Waals surface area contributed by atoms with Crippen molar-refractivity contribution in [2.45, 2.75) is 25.7 Å². The summed E-state index contributed by atoms with van der Waals surface area (Å²) in [5, 5.41) is 6.74. The lowest BCUT2D eigenvalue weighted by atomic mass is 9.97. The topological polar surface area (TPSA) is 66.0 Å². The molecule has 3 aromatic heterocycles. The smallest absolute Gasteiger partial charge is 0.158 e. The van der Waals surface area contributed by atoms with Gasteiger partial charge in [0.25, 0.3) is 0 Å². The number of thiophene rings is 1. The van der Waals surface area contributed by atoms with Crippen LogP contribution in [0.5, 0.6) is 0 Å². The number of fused-ring (bicyclic) bond motifs is 4. The number of benzene rings is 1. The number of hydrogen-bond donors (Lipinski definition) is 2.